The van der Waals surface area contributed by atoms with Gasteiger partial charge in [0.2, 0.25) is 0 Å². The first-order chi connectivity index (χ1) is 8.01. The Morgan fingerprint density at radius 1 is 1.53 bits per heavy atom. The Balaban J connectivity index is 3.12. The molecule has 0 spiro atoms. The van der Waals surface area contributed by atoms with Crippen LogP contribution in [0.15, 0.2) is 11.1 Å². The zero-order valence-electron chi connectivity index (χ0n) is 9.80. The molecule has 0 fully saturated rings. The van der Waals surface area contributed by atoms with Gasteiger partial charge in [0, 0.05) is 5.92 Å². The Kier molecular flexibility index (Phi) is 4.65. The van der Waals surface area contributed by atoms with Crippen LogP contribution < -0.4 is 0 Å². The van der Waals surface area contributed by atoms with E-state index in [0.717, 1.165) is 0 Å². The van der Waals surface area contributed by atoms with Gasteiger partial charge >= 0.3 is 11.9 Å². The van der Waals surface area contributed by atoms with Crippen molar-refractivity contribution in [3.8, 4) is 0 Å². The molecule has 2 N–H and O–H groups in total. The van der Waals surface area contributed by atoms with Crippen LogP contribution in [0.1, 0.15) is 13.3 Å². The van der Waals surface area contributed by atoms with Crippen LogP contribution in [0.5, 0.6) is 0 Å². The molecule has 0 aromatic rings. The second-order valence-electron chi connectivity index (χ2n) is 3.87. The molecule has 17 heavy (non-hydrogen) atoms. The summed E-state index contributed by atoms with van der Waals surface area (Å²) in [7, 11) is 1.22. The fourth-order valence-electron chi connectivity index (χ4n) is 1.90. The largest absolute Gasteiger partial charge is 0.481 e. The summed E-state index contributed by atoms with van der Waals surface area (Å²) >= 11 is 0. The molecule has 0 amide bonds. The Morgan fingerprint density at radius 3 is 2.65 bits per heavy atom. The number of carboxylic acids is 1. The highest BCUT2D eigenvalue weighted by Crippen LogP contribution is 2.29. The topological polar surface area (TPSA) is 93.1 Å². The van der Waals surface area contributed by atoms with Crippen LogP contribution in [0.2, 0.25) is 0 Å². The van der Waals surface area contributed by atoms with Gasteiger partial charge in [-0.05, 0) is 12.5 Å². The predicted octanol–water partition coefficient (Wildman–Crippen LogP) is -0.0421. The summed E-state index contributed by atoms with van der Waals surface area (Å²) in [4.78, 5) is 22.3. The standard InChI is InChI=1S/C11H16O6/c1-6-8(4-12)7(3-10(13)14)9(5-17-6)11(15)16-2/h6,8,12H,3-5H2,1-2H3,(H,13,14). The summed E-state index contributed by atoms with van der Waals surface area (Å²) < 4.78 is 9.90. The predicted molar refractivity (Wildman–Crippen MR) is 57.3 cm³/mol. The molecule has 1 heterocycles. The SMILES string of the molecule is COC(=O)C1=C(CC(=O)O)C(CO)C(C)OC1. The quantitative estimate of drug-likeness (QED) is 0.674. The maximum atomic E-state index is 11.5. The molecule has 96 valence electrons. The Morgan fingerprint density at radius 2 is 2.18 bits per heavy atom. The van der Waals surface area contributed by atoms with Gasteiger partial charge in [-0.1, -0.05) is 0 Å². The number of carboxylic acid groups (broad SMARTS) is 1. The maximum Gasteiger partial charge on any atom is 0.336 e. The average molecular weight is 244 g/mol. The molecule has 0 saturated heterocycles. The summed E-state index contributed by atoms with van der Waals surface area (Å²) in [6, 6.07) is 0. The van der Waals surface area contributed by atoms with Crippen molar-refractivity contribution in [2.45, 2.75) is 19.4 Å². The van der Waals surface area contributed by atoms with Crippen LogP contribution in [0.4, 0.5) is 0 Å². The van der Waals surface area contributed by atoms with E-state index < -0.39 is 17.9 Å². The van der Waals surface area contributed by atoms with E-state index in [-0.39, 0.29) is 31.3 Å². The number of carbonyl (C=O) groups is 2. The highest BCUT2D eigenvalue weighted by atomic mass is 16.5. The summed E-state index contributed by atoms with van der Waals surface area (Å²) in [6.07, 6.45) is -0.605. The minimum absolute atomic E-state index is 0.0208. The summed E-state index contributed by atoms with van der Waals surface area (Å²) in [5.74, 6) is -2.13. The highest BCUT2D eigenvalue weighted by molar-refractivity contribution is 5.91. The number of carbonyl (C=O) groups excluding carboxylic acids is 1. The molecule has 1 aliphatic heterocycles. The highest BCUT2D eigenvalue weighted by Gasteiger charge is 2.33. The Bertz CT molecular complexity index is 346. The number of methoxy groups -OCH3 is 1. The number of hydrogen-bond acceptors (Lipinski definition) is 5. The number of esters is 1. The lowest BCUT2D eigenvalue weighted by molar-refractivity contribution is -0.138. The fourth-order valence-corrected chi connectivity index (χ4v) is 1.90. The number of aliphatic hydroxyl groups is 1. The van der Waals surface area contributed by atoms with Crippen molar-refractivity contribution in [2.75, 3.05) is 20.3 Å². The third kappa shape index (κ3) is 3.04. The van der Waals surface area contributed by atoms with Crippen molar-refractivity contribution in [1.29, 1.82) is 0 Å². The lowest BCUT2D eigenvalue weighted by atomic mass is 9.86. The van der Waals surface area contributed by atoms with Gasteiger partial charge in [-0.25, -0.2) is 4.79 Å². The molecule has 6 heteroatoms. The lowest BCUT2D eigenvalue weighted by Gasteiger charge is -2.31. The van der Waals surface area contributed by atoms with Crippen LogP contribution in [-0.2, 0) is 19.1 Å². The molecule has 2 atom stereocenters. The number of aliphatic carboxylic acids is 1. The summed E-state index contributed by atoms with van der Waals surface area (Å²) in [6.45, 7) is 1.49. The minimum Gasteiger partial charge on any atom is -0.481 e. The number of rotatable bonds is 4. The van der Waals surface area contributed by atoms with E-state index in [1.165, 1.54) is 7.11 Å². The molecule has 6 nitrogen and oxygen atoms in total. The molecule has 0 radical (unpaired) electrons. The third-order valence-electron chi connectivity index (χ3n) is 2.86. The second kappa shape index (κ2) is 5.79. The number of hydrogen-bond donors (Lipinski definition) is 2. The van der Waals surface area contributed by atoms with Crippen molar-refractivity contribution in [1.82, 2.24) is 0 Å². The van der Waals surface area contributed by atoms with Gasteiger partial charge in [-0.15, -0.1) is 0 Å². The minimum atomic E-state index is -1.05. The molecule has 0 aromatic heterocycles. The van der Waals surface area contributed by atoms with Crippen molar-refractivity contribution in [3.63, 3.8) is 0 Å². The molecule has 0 aliphatic carbocycles. The molecule has 0 bridgehead atoms. The summed E-state index contributed by atoms with van der Waals surface area (Å²) in [5, 5.41) is 18.1. The van der Waals surface area contributed by atoms with E-state index in [4.69, 9.17) is 9.84 Å². The van der Waals surface area contributed by atoms with Crippen LogP contribution in [0.25, 0.3) is 0 Å². The molecule has 2 unspecified atom stereocenters. The Labute approximate surface area is 98.8 Å². The molecular formula is C11H16O6. The Hall–Kier alpha value is -1.40. The molecular weight excluding hydrogens is 228 g/mol. The fraction of sp³-hybridized carbons (Fsp3) is 0.636. The van der Waals surface area contributed by atoms with Gasteiger partial charge in [-0.2, -0.15) is 0 Å². The van der Waals surface area contributed by atoms with Crippen molar-refractivity contribution in [3.05, 3.63) is 11.1 Å². The van der Waals surface area contributed by atoms with Gasteiger partial charge in [-0.3, -0.25) is 4.79 Å². The zero-order chi connectivity index (χ0) is 13.0. The van der Waals surface area contributed by atoms with E-state index in [9.17, 15) is 14.7 Å². The van der Waals surface area contributed by atoms with Crippen LogP contribution in [0.3, 0.4) is 0 Å². The number of ether oxygens (including phenoxy) is 2. The zero-order valence-corrected chi connectivity index (χ0v) is 9.80. The van der Waals surface area contributed by atoms with Gasteiger partial charge in [0.05, 0.1) is 38.4 Å². The van der Waals surface area contributed by atoms with Crippen LogP contribution >= 0.6 is 0 Å². The van der Waals surface area contributed by atoms with E-state index in [1.807, 2.05) is 0 Å². The molecule has 0 saturated carbocycles. The normalized spacial score (nSPS) is 24.6. The molecule has 1 rings (SSSR count). The third-order valence-corrected chi connectivity index (χ3v) is 2.86. The summed E-state index contributed by atoms with van der Waals surface area (Å²) in [5.41, 5.74) is 0.595. The second-order valence-corrected chi connectivity index (χ2v) is 3.87. The smallest absolute Gasteiger partial charge is 0.336 e. The van der Waals surface area contributed by atoms with E-state index in [0.29, 0.717) is 5.57 Å². The van der Waals surface area contributed by atoms with Crippen molar-refractivity contribution < 1.29 is 29.3 Å². The van der Waals surface area contributed by atoms with Crippen LogP contribution in [0, 0.1) is 5.92 Å². The number of aliphatic hydroxyl groups excluding tert-OH is 1. The van der Waals surface area contributed by atoms with Gasteiger partial charge in [0.15, 0.2) is 0 Å². The first-order valence-corrected chi connectivity index (χ1v) is 5.25. The van der Waals surface area contributed by atoms with Gasteiger partial charge < -0.3 is 19.7 Å². The van der Waals surface area contributed by atoms with Gasteiger partial charge in [0.1, 0.15) is 0 Å². The van der Waals surface area contributed by atoms with E-state index in [1.54, 1.807) is 6.92 Å². The van der Waals surface area contributed by atoms with E-state index in [2.05, 4.69) is 4.74 Å². The van der Waals surface area contributed by atoms with Crippen molar-refractivity contribution >= 4 is 11.9 Å². The van der Waals surface area contributed by atoms with Gasteiger partial charge in [0.25, 0.3) is 0 Å². The van der Waals surface area contributed by atoms with Crippen LogP contribution in [-0.4, -0.2) is 48.6 Å². The molecule has 1 aliphatic rings. The molecule has 0 aromatic carbocycles. The van der Waals surface area contributed by atoms with E-state index >= 15 is 0 Å². The monoisotopic (exact) mass is 244 g/mol. The first-order valence-electron chi connectivity index (χ1n) is 5.25. The maximum absolute atomic E-state index is 11.5. The first kappa shape index (κ1) is 13.7. The average Bonchev–Trinajstić information content (AvgIpc) is 2.28. The lowest BCUT2D eigenvalue weighted by Crippen LogP contribution is -2.35. The van der Waals surface area contributed by atoms with Crippen molar-refractivity contribution in [2.24, 2.45) is 5.92 Å².